The third-order valence-corrected chi connectivity index (χ3v) is 10.3. The van der Waals surface area contributed by atoms with Crippen LogP contribution in [0.4, 0.5) is 17.6 Å². The Morgan fingerprint density at radius 1 is 0.682 bits per heavy atom. The highest BCUT2D eigenvalue weighted by atomic mass is 19.2. The molecule has 0 bridgehead atoms. The number of rotatable bonds is 7. The SMILES string of the molecule is CCOc1ccc(-c2ccc(C3CCCC3)cc2)c(F)c1F.Cc1ccc(C(O)C2CCC(C3CCCC3)CC2)c(F)c1F. The molecule has 3 aromatic carbocycles. The fraction of sp³-hybridized carbons (Fsp3) is 0.526. The van der Waals surface area contributed by atoms with Gasteiger partial charge in [-0.05, 0) is 105 Å². The standard InChI is InChI=1S/C19H26F2O.C19H20F2O/c1-12-6-11-16(18(21)17(12)20)19(22)15-9-7-14(8-10-15)13-4-2-3-5-13;1-2-22-17-12-11-16(18(20)19(17)21)15-9-7-14(8-10-15)13-5-3-4-6-13/h6,11,13-15,19,22H,2-5,7-10H2,1H3;7-13H,2-6H2,1H3. The summed E-state index contributed by atoms with van der Waals surface area (Å²) in [6.07, 6.45) is 13.7. The number of hydrogen-bond acceptors (Lipinski definition) is 2. The van der Waals surface area contributed by atoms with Crippen LogP contribution in [0.3, 0.4) is 0 Å². The monoisotopic (exact) mass is 610 g/mol. The number of benzene rings is 3. The molecule has 0 saturated heterocycles. The second-order valence-corrected chi connectivity index (χ2v) is 13.0. The van der Waals surface area contributed by atoms with Gasteiger partial charge in [-0.2, -0.15) is 4.39 Å². The van der Waals surface area contributed by atoms with Crippen molar-refractivity contribution in [2.75, 3.05) is 6.61 Å². The third kappa shape index (κ3) is 7.33. The molecule has 1 unspecified atom stereocenters. The predicted molar refractivity (Wildman–Crippen MR) is 168 cm³/mol. The molecule has 3 fully saturated rings. The van der Waals surface area contributed by atoms with Crippen molar-refractivity contribution in [2.24, 2.45) is 17.8 Å². The van der Waals surface area contributed by atoms with Crippen molar-refractivity contribution in [1.82, 2.24) is 0 Å². The zero-order valence-corrected chi connectivity index (χ0v) is 26.1. The molecule has 0 amide bonds. The normalized spacial score (nSPS) is 21.6. The maximum absolute atomic E-state index is 14.2. The van der Waals surface area contributed by atoms with Crippen molar-refractivity contribution in [3.8, 4) is 16.9 Å². The van der Waals surface area contributed by atoms with E-state index in [1.54, 1.807) is 32.0 Å². The number of aliphatic hydroxyl groups excluding tert-OH is 1. The van der Waals surface area contributed by atoms with Crippen LogP contribution in [0.25, 0.3) is 11.1 Å². The summed E-state index contributed by atoms with van der Waals surface area (Å²) in [6.45, 7) is 3.60. The van der Waals surface area contributed by atoms with Crippen LogP contribution in [0.5, 0.6) is 5.75 Å². The lowest BCUT2D eigenvalue weighted by atomic mass is 9.73. The first-order chi connectivity index (χ1) is 21.3. The van der Waals surface area contributed by atoms with Crippen molar-refractivity contribution in [2.45, 2.75) is 103 Å². The molecule has 3 aromatic rings. The Bertz CT molecular complexity index is 1370. The average molecular weight is 611 g/mol. The van der Waals surface area contributed by atoms with Gasteiger partial charge in [-0.15, -0.1) is 0 Å². The van der Waals surface area contributed by atoms with E-state index in [0.29, 0.717) is 23.7 Å². The van der Waals surface area contributed by atoms with Crippen LogP contribution >= 0.6 is 0 Å². The highest BCUT2D eigenvalue weighted by Crippen LogP contribution is 2.44. The van der Waals surface area contributed by atoms with E-state index in [2.05, 4.69) is 0 Å². The minimum Gasteiger partial charge on any atom is -0.491 e. The maximum Gasteiger partial charge on any atom is 0.201 e. The van der Waals surface area contributed by atoms with Crippen LogP contribution in [0, 0.1) is 47.9 Å². The quantitative estimate of drug-likeness (QED) is 0.270. The molecule has 0 radical (unpaired) electrons. The summed E-state index contributed by atoms with van der Waals surface area (Å²) in [5.41, 5.74) is 2.69. The summed E-state index contributed by atoms with van der Waals surface area (Å²) in [5, 5.41) is 10.5. The van der Waals surface area contributed by atoms with Crippen LogP contribution in [-0.4, -0.2) is 11.7 Å². The highest BCUT2D eigenvalue weighted by Gasteiger charge is 2.33. The topological polar surface area (TPSA) is 29.5 Å². The van der Waals surface area contributed by atoms with E-state index < -0.39 is 29.4 Å². The van der Waals surface area contributed by atoms with Crippen LogP contribution < -0.4 is 4.74 Å². The second kappa shape index (κ2) is 14.9. The Morgan fingerprint density at radius 3 is 1.93 bits per heavy atom. The molecule has 0 aliphatic heterocycles. The van der Waals surface area contributed by atoms with E-state index in [9.17, 15) is 22.7 Å². The maximum atomic E-state index is 14.2. The lowest BCUT2D eigenvalue weighted by Gasteiger charge is -2.34. The van der Waals surface area contributed by atoms with Crippen molar-refractivity contribution in [3.63, 3.8) is 0 Å². The fourth-order valence-electron chi connectivity index (χ4n) is 7.72. The predicted octanol–water partition coefficient (Wildman–Crippen LogP) is 11.0. The van der Waals surface area contributed by atoms with Crippen LogP contribution in [0.1, 0.15) is 113 Å². The molecule has 2 nitrogen and oxygen atoms in total. The number of hydrogen-bond donors (Lipinski definition) is 1. The Labute approximate surface area is 259 Å². The smallest absolute Gasteiger partial charge is 0.201 e. The van der Waals surface area contributed by atoms with Gasteiger partial charge in [0.15, 0.2) is 23.2 Å². The molecule has 3 aliphatic rings. The molecule has 6 heteroatoms. The zero-order chi connectivity index (χ0) is 31.2. The van der Waals surface area contributed by atoms with Crippen LogP contribution in [0.15, 0.2) is 48.5 Å². The van der Waals surface area contributed by atoms with Gasteiger partial charge in [0.2, 0.25) is 5.82 Å². The van der Waals surface area contributed by atoms with Gasteiger partial charge in [0.05, 0.1) is 12.7 Å². The van der Waals surface area contributed by atoms with Gasteiger partial charge in [-0.3, -0.25) is 0 Å². The van der Waals surface area contributed by atoms with E-state index in [-0.39, 0.29) is 22.8 Å². The van der Waals surface area contributed by atoms with Gasteiger partial charge in [0, 0.05) is 11.1 Å². The minimum absolute atomic E-state index is 0.0358. The Kier molecular flexibility index (Phi) is 11.1. The molecule has 3 aliphatic carbocycles. The number of ether oxygens (including phenoxy) is 1. The second-order valence-electron chi connectivity index (χ2n) is 13.0. The van der Waals surface area contributed by atoms with E-state index in [4.69, 9.17) is 4.74 Å². The summed E-state index contributed by atoms with van der Waals surface area (Å²) in [4.78, 5) is 0. The first kappa shape index (κ1) is 32.5. The van der Waals surface area contributed by atoms with Gasteiger partial charge in [0.25, 0.3) is 0 Å². The van der Waals surface area contributed by atoms with E-state index >= 15 is 0 Å². The molecule has 238 valence electrons. The lowest BCUT2D eigenvalue weighted by molar-refractivity contribution is 0.0612. The molecule has 6 rings (SSSR count). The van der Waals surface area contributed by atoms with E-state index in [0.717, 1.165) is 37.5 Å². The number of halogens is 4. The van der Waals surface area contributed by atoms with Gasteiger partial charge in [0.1, 0.15) is 0 Å². The first-order valence-corrected chi connectivity index (χ1v) is 16.6. The number of aliphatic hydroxyl groups is 1. The molecule has 1 N–H and O–H groups in total. The highest BCUT2D eigenvalue weighted by molar-refractivity contribution is 5.65. The van der Waals surface area contributed by atoms with E-state index in [1.165, 1.54) is 63.0 Å². The molecular formula is C38H46F4O2. The zero-order valence-electron chi connectivity index (χ0n) is 26.1. The molecule has 0 aromatic heterocycles. The largest absolute Gasteiger partial charge is 0.491 e. The number of aryl methyl sites for hydroxylation is 1. The van der Waals surface area contributed by atoms with Gasteiger partial charge >= 0.3 is 0 Å². The van der Waals surface area contributed by atoms with Gasteiger partial charge in [-0.25, -0.2) is 13.2 Å². The summed E-state index contributed by atoms with van der Waals surface area (Å²) in [6, 6.07) is 14.0. The van der Waals surface area contributed by atoms with Crippen LogP contribution in [-0.2, 0) is 0 Å². The van der Waals surface area contributed by atoms with Gasteiger partial charge in [-0.1, -0.05) is 74.9 Å². The summed E-state index contributed by atoms with van der Waals surface area (Å²) in [7, 11) is 0. The summed E-state index contributed by atoms with van der Waals surface area (Å²) < 4.78 is 61.0. The Balaban J connectivity index is 0.000000175. The fourth-order valence-corrected chi connectivity index (χ4v) is 7.72. The van der Waals surface area contributed by atoms with Gasteiger partial charge < -0.3 is 9.84 Å². The van der Waals surface area contributed by atoms with Crippen LogP contribution in [0.2, 0.25) is 0 Å². The lowest BCUT2D eigenvalue weighted by Crippen LogP contribution is -2.24. The molecule has 1 atom stereocenters. The Hall–Kier alpha value is -2.86. The molecule has 0 heterocycles. The van der Waals surface area contributed by atoms with Crippen molar-refractivity contribution >= 4 is 0 Å². The summed E-state index contributed by atoms with van der Waals surface area (Å²) in [5.74, 6) is -1.16. The summed E-state index contributed by atoms with van der Waals surface area (Å²) >= 11 is 0. The molecular weight excluding hydrogens is 564 g/mol. The minimum atomic E-state index is -0.917. The molecule has 3 saturated carbocycles. The molecule has 44 heavy (non-hydrogen) atoms. The van der Waals surface area contributed by atoms with Crippen molar-refractivity contribution in [3.05, 3.63) is 88.5 Å². The van der Waals surface area contributed by atoms with Crippen molar-refractivity contribution in [1.29, 1.82) is 0 Å². The third-order valence-electron chi connectivity index (χ3n) is 10.3. The Morgan fingerprint density at radius 2 is 1.30 bits per heavy atom. The van der Waals surface area contributed by atoms with E-state index in [1.807, 2.05) is 24.3 Å². The first-order valence-electron chi connectivity index (χ1n) is 16.6. The van der Waals surface area contributed by atoms with Crippen molar-refractivity contribution < 1.29 is 27.4 Å². The molecule has 0 spiro atoms. The average Bonchev–Trinajstić information content (AvgIpc) is 3.79.